The lowest BCUT2D eigenvalue weighted by atomic mass is 11.0. The Labute approximate surface area is 50.1 Å². The number of primary amides is 1. The molecule has 0 saturated heterocycles. The first kappa shape index (κ1) is 7.50. The number of hydrogen-bond acceptors (Lipinski definition) is 3. The van der Waals surface area contributed by atoms with E-state index >= 15 is 0 Å². The van der Waals surface area contributed by atoms with E-state index in [0.29, 0.717) is 0 Å². The Bertz CT molecular complexity index is 123. The molecule has 0 fully saturated rings. The van der Waals surface area contributed by atoms with Crippen LogP contribution < -0.4 is 22.1 Å². The van der Waals surface area contributed by atoms with Crippen LogP contribution >= 0.6 is 0 Å². The minimum absolute atomic E-state index is 0.918. The van der Waals surface area contributed by atoms with Crippen LogP contribution in [0.1, 0.15) is 0 Å². The normalized spacial score (nSPS) is 7.67. The summed E-state index contributed by atoms with van der Waals surface area (Å²) >= 11 is 0. The van der Waals surface area contributed by atoms with Crippen molar-refractivity contribution in [2.75, 3.05) is 0 Å². The largest absolute Gasteiger partial charge is 0.357 e. The van der Waals surface area contributed by atoms with Crippen LogP contribution in [0.2, 0.25) is 0 Å². The lowest BCUT2D eigenvalue weighted by Crippen LogP contribution is -2.48. The number of nitrogens with one attached hydrogen (secondary N) is 3. The summed E-state index contributed by atoms with van der Waals surface area (Å²) in [6.07, 6.45) is 0. The standard InChI is InChI=1S/C2H6N4O3/c3-1(7)4-5-2(8)6-9/h9H,(H3,3,4,7)(H2,5,6,8). The zero-order valence-electron chi connectivity index (χ0n) is 4.34. The molecule has 0 aromatic rings. The molecule has 0 aliphatic rings. The summed E-state index contributed by atoms with van der Waals surface area (Å²) in [6, 6.07) is -1.88. The number of hydroxylamine groups is 1. The van der Waals surface area contributed by atoms with E-state index in [-0.39, 0.29) is 0 Å². The van der Waals surface area contributed by atoms with Gasteiger partial charge in [-0.2, -0.15) is 0 Å². The monoisotopic (exact) mass is 134 g/mol. The lowest BCUT2D eigenvalue weighted by molar-refractivity contribution is 0.158. The van der Waals surface area contributed by atoms with Gasteiger partial charge in [0, 0.05) is 0 Å². The summed E-state index contributed by atoms with van der Waals surface area (Å²) in [7, 11) is 0. The zero-order chi connectivity index (χ0) is 7.28. The second-order valence-electron chi connectivity index (χ2n) is 1.06. The molecule has 0 rings (SSSR count). The fraction of sp³-hybridized carbons (Fsp3) is 0. The maximum atomic E-state index is 9.97. The molecule has 0 aliphatic carbocycles. The van der Waals surface area contributed by atoms with Gasteiger partial charge in [0.05, 0.1) is 0 Å². The number of rotatable bonds is 0. The Balaban J connectivity index is 3.28. The number of amides is 4. The topological polar surface area (TPSA) is 116 Å². The van der Waals surface area contributed by atoms with Gasteiger partial charge in [-0.3, -0.25) is 5.21 Å². The molecule has 0 aliphatic heterocycles. The van der Waals surface area contributed by atoms with Crippen LogP contribution in [0, 0.1) is 0 Å². The summed E-state index contributed by atoms with van der Waals surface area (Å²) in [4.78, 5) is 19.8. The molecule has 0 bridgehead atoms. The van der Waals surface area contributed by atoms with Crippen molar-refractivity contribution < 1.29 is 14.8 Å². The van der Waals surface area contributed by atoms with Crippen molar-refractivity contribution in [3.8, 4) is 0 Å². The van der Waals surface area contributed by atoms with Crippen molar-refractivity contribution in [1.29, 1.82) is 0 Å². The zero-order valence-corrected chi connectivity index (χ0v) is 4.34. The van der Waals surface area contributed by atoms with E-state index in [1.807, 2.05) is 0 Å². The van der Waals surface area contributed by atoms with E-state index < -0.39 is 12.1 Å². The maximum Gasteiger partial charge on any atom is 0.357 e. The van der Waals surface area contributed by atoms with Gasteiger partial charge in [0.2, 0.25) is 0 Å². The summed E-state index contributed by atoms with van der Waals surface area (Å²) in [5.74, 6) is 0. The number of nitrogens with two attached hydrogens (primary N) is 1. The van der Waals surface area contributed by atoms with Gasteiger partial charge in [0.25, 0.3) is 0 Å². The van der Waals surface area contributed by atoms with Gasteiger partial charge in [-0.05, 0) is 0 Å². The highest BCUT2D eigenvalue weighted by Crippen LogP contribution is 1.53. The highest BCUT2D eigenvalue weighted by molar-refractivity contribution is 5.78. The van der Waals surface area contributed by atoms with E-state index in [1.54, 1.807) is 10.9 Å². The average Bonchev–Trinajstić information content (AvgIpc) is 1.83. The van der Waals surface area contributed by atoms with Gasteiger partial charge in [0.15, 0.2) is 0 Å². The number of hydrogen-bond donors (Lipinski definition) is 5. The van der Waals surface area contributed by atoms with E-state index in [4.69, 9.17) is 5.21 Å². The molecule has 7 heteroatoms. The first-order chi connectivity index (χ1) is 4.16. The van der Waals surface area contributed by atoms with E-state index in [1.165, 1.54) is 5.48 Å². The SMILES string of the molecule is NC(=O)NNC(=O)NO. The molecule has 0 heterocycles. The predicted octanol–water partition coefficient (Wildman–Crippen LogP) is -1.74. The lowest BCUT2D eigenvalue weighted by Gasteiger charge is -2.00. The van der Waals surface area contributed by atoms with Crippen molar-refractivity contribution in [1.82, 2.24) is 16.3 Å². The van der Waals surface area contributed by atoms with Gasteiger partial charge in [-0.25, -0.2) is 25.9 Å². The third-order valence-electron chi connectivity index (χ3n) is 0.401. The molecule has 0 unspecified atom stereocenters. The quantitative estimate of drug-likeness (QED) is 0.200. The minimum atomic E-state index is -0.964. The summed E-state index contributed by atoms with van der Waals surface area (Å²) in [5.41, 5.74) is 9.14. The van der Waals surface area contributed by atoms with E-state index in [9.17, 15) is 9.59 Å². The fourth-order valence-electron chi connectivity index (χ4n) is 0.146. The number of hydrazine groups is 1. The molecular formula is C2H6N4O3. The maximum absolute atomic E-state index is 9.97. The highest BCUT2D eigenvalue weighted by Gasteiger charge is 1.94. The predicted molar refractivity (Wildman–Crippen MR) is 26.2 cm³/mol. The molecule has 52 valence electrons. The smallest absolute Gasteiger partial charge is 0.350 e. The van der Waals surface area contributed by atoms with Crippen molar-refractivity contribution in [3.05, 3.63) is 0 Å². The number of carbonyl (C=O) groups excluding carboxylic acids is 2. The minimum Gasteiger partial charge on any atom is -0.350 e. The Morgan fingerprint density at radius 1 is 1.33 bits per heavy atom. The molecule has 0 radical (unpaired) electrons. The second-order valence-corrected chi connectivity index (χ2v) is 1.06. The van der Waals surface area contributed by atoms with Crippen molar-refractivity contribution in [2.24, 2.45) is 5.73 Å². The summed E-state index contributed by atoms with van der Waals surface area (Å²) in [5, 5.41) is 7.79. The van der Waals surface area contributed by atoms with Crippen LogP contribution in [-0.4, -0.2) is 17.3 Å². The first-order valence-electron chi connectivity index (χ1n) is 1.92. The van der Waals surface area contributed by atoms with E-state index in [2.05, 4.69) is 5.73 Å². The Hall–Kier alpha value is -1.50. The Morgan fingerprint density at radius 2 is 1.89 bits per heavy atom. The van der Waals surface area contributed by atoms with Gasteiger partial charge in [0.1, 0.15) is 0 Å². The summed E-state index contributed by atoms with van der Waals surface area (Å²) in [6.45, 7) is 0. The van der Waals surface area contributed by atoms with Crippen LogP contribution in [0.3, 0.4) is 0 Å². The summed E-state index contributed by atoms with van der Waals surface area (Å²) < 4.78 is 0. The van der Waals surface area contributed by atoms with Gasteiger partial charge in [-0.15, -0.1) is 0 Å². The third-order valence-corrected chi connectivity index (χ3v) is 0.401. The fourth-order valence-corrected chi connectivity index (χ4v) is 0.146. The van der Waals surface area contributed by atoms with Crippen molar-refractivity contribution in [2.45, 2.75) is 0 Å². The van der Waals surface area contributed by atoms with Gasteiger partial charge < -0.3 is 5.73 Å². The van der Waals surface area contributed by atoms with Crippen molar-refractivity contribution in [3.63, 3.8) is 0 Å². The molecule has 6 N–H and O–H groups in total. The molecular weight excluding hydrogens is 128 g/mol. The highest BCUT2D eigenvalue weighted by atomic mass is 16.5. The molecule has 0 saturated carbocycles. The molecule has 0 aromatic heterocycles. The first-order valence-corrected chi connectivity index (χ1v) is 1.92. The second kappa shape index (κ2) is 3.50. The van der Waals surface area contributed by atoms with Crippen LogP contribution in [-0.2, 0) is 0 Å². The van der Waals surface area contributed by atoms with E-state index in [0.717, 1.165) is 0 Å². The molecule has 7 nitrogen and oxygen atoms in total. The van der Waals surface area contributed by atoms with Crippen LogP contribution in [0.5, 0.6) is 0 Å². The van der Waals surface area contributed by atoms with Gasteiger partial charge >= 0.3 is 12.1 Å². The van der Waals surface area contributed by atoms with Crippen LogP contribution in [0.15, 0.2) is 0 Å². The van der Waals surface area contributed by atoms with Crippen LogP contribution in [0.25, 0.3) is 0 Å². The van der Waals surface area contributed by atoms with Crippen molar-refractivity contribution >= 4 is 12.1 Å². The Kier molecular flexibility index (Phi) is 2.91. The number of carbonyl (C=O) groups is 2. The Morgan fingerprint density at radius 3 is 2.22 bits per heavy atom. The number of urea groups is 2. The van der Waals surface area contributed by atoms with Gasteiger partial charge in [-0.1, -0.05) is 0 Å². The molecule has 4 amide bonds. The molecule has 0 aromatic carbocycles. The van der Waals surface area contributed by atoms with Crippen LogP contribution in [0.4, 0.5) is 9.59 Å². The molecule has 9 heavy (non-hydrogen) atoms. The molecule has 0 atom stereocenters. The molecule has 0 spiro atoms. The average molecular weight is 134 g/mol. The third kappa shape index (κ3) is 4.35.